The third-order valence-corrected chi connectivity index (χ3v) is 7.33. The molecule has 8 amide bonds. The predicted molar refractivity (Wildman–Crippen MR) is 178 cm³/mol. The van der Waals surface area contributed by atoms with E-state index in [2.05, 4.69) is 33.2 Å². The summed E-state index contributed by atoms with van der Waals surface area (Å²) in [6, 6.07) is -8.69. The van der Waals surface area contributed by atoms with Crippen LogP contribution in [0.2, 0.25) is 0 Å². The molecule has 11 N–H and O–H groups in total. The number of ether oxygens (including phenoxy) is 1. The first-order valence-electron chi connectivity index (χ1n) is 16.0. The maximum atomic E-state index is 12.9. The summed E-state index contributed by atoms with van der Waals surface area (Å²) in [4.78, 5) is 124. The molecule has 0 aliphatic rings. The molecule has 0 aliphatic heterocycles. The highest BCUT2D eigenvalue weighted by molar-refractivity contribution is 6.38. The van der Waals surface area contributed by atoms with Gasteiger partial charge in [0.05, 0.1) is 18.6 Å². The number of rotatable bonds is 23. The lowest BCUT2D eigenvalue weighted by Crippen LogP contribution is -2.60. The second kappa shape index (κ2) is 22.3. The number of nitrogens with one attached hydrogen (secondary N) is 6. The van der Waals surface area contributed by atoms with Crippen LogP contribution in [0, 0.1) is 5.92 Å². The van der Waals surface area contributed by atoms with Crippen molar-refractivity contribution in [1.29, 1.82) is 0 Å². The largest absolute Gasteiger partial charge is 0.461 e. The lowest BCUT2D eigenvalue weighted by Gasteiger charge is -2.28. The average Bonchev–Trinajstić information content (AvgIpc) is 3.04. The zero-order valence-corrected chi connectivity index (χ0v) is 29.5. The topological polar surface area (TPSA) is 324 Å². The van der Waals surface area contributed by atoms with Gasteiger partial charge >= 0.3 is 5.97 Å². The second-order valence-electron chi connectivity index (χ2n) is 11.8. The van der Waals surface area contributed by atoms with Gasteiger partial charge in [0.15, 0.2) is 0 Å². The molecule has 0 aromatic rings. The SMILES string of the molecule is C=CCOC(=O)CC[C@H](NC(=O)[C@H](CC(N)=O)NC(=O)C(=O)[C@H](C)NC(=O)[C@H](C)NC(=O)[C@@H](NC(=O)[C@@H](NC(C)=O)[C@@H](C)CC)[C@@H](C)O)C(N)=O. The second-order valence-corrected chi connectivity index (χ2v) is 11.8. The van der Waals surface area contributed by atoms with Crippen LogP contribution in [0.3, 0.4) is 0 Å². The highest BCUT2D eigenvalue weighted by Gasteiger charge is 2.34. The van der Waals surface area contributed by atoms with Gasteiger partial charge in [-0.15, -0.1) is 0 Å². The van der Waals surface area contributed by atoms with E-state index in [1.807, 2.05) is 5.32 Å². The number of Topliss-reactive ketones (excluding diaryl/α,β-unsaturated/α-hetero) is 1. The first-order chi connectivity index (χ1) is 23.7. The summed E-state index contributed by atoms with van der Waals surface area (Å²) in [6.45, 7) is 11.5. The van der Waals surface area contributed by atoms with Crippen LogP contribution in [0.5, 0.6) is 0 Å². The van der Waals surface area contributed by atoms with Gasteiger partial charge in [-0.05, 0) is 33.1 Å². The van der Waals surface area contributed by atoms with E-state index in [-0.39, 0.29) is 25.4 Å². The van der Waals surface area contributed by atoms with Crippen LogP contribution in [0.25, 0.3) is 0 Å². The Hall–Kier alpha value is -5.40. The molecule has 286 valence electrons. The molecule has 0 aromatic heterocycles. The fraction of sp³-hybridized carbons (Fsp3) is 0.613. The minimum Gasteiger partial charge on any atom is -0.461 e. The number of primary amides is 2. The van der Waals surface area contributed by atoms with E-state index in [0.29, 0.717) is 6.42 Å². The van der Waals surface area contributed by atoms with Crippen molar-refractivity contribution in [2.24, 2.45) is 17.4 Å². The van der Waals surface area contributed by atoms with Crippen LogP contribution in [-0.4, -0.2) is 113 Å². The summed E-state index contributed by atoms with van der Waals surface area (Å²) in [5, 5.41) is 23.7. The number of esters is 1. The molecule has 0 unspecified atom stereocenters. The van der Waals surface area contributed by atoms with Gasteiger partial charge in [-0.3, -0.25) is 47.9 Å². The normalized spacial score (nSPS) is 15.4. The van der Waals surface area contributed by atoms with Gasteiger partial charge in [0.25, 0.3) is 5.91 Å². The van der Waals surface area contributed by atoms with Gasteiger partial charge in [-0.1, -0.05) is 32.9 Å². The molecule has 0 bridgehead atoms. The van der Waals surface area contributed by atoms with Crippen molar-refractivity contribution in [3.05, 3.63) is 12.7 Å². The number of amides is 8. The Kier molecular flexibility index (Phi) is 20.0. The van der Waals surface area contributed by atoms with Crippen molar-refractivity contribution in [3.63, 3.8) is 0 Å². The van der Waals surface area contributed by atoms with Gasteiger partial charge in [0.1, 0.15) is 36.8 Å². The predicted octanol–water partition coefficient (Wildman–Crippen LogP) is -4.18. The minimum absolute atomic E-state index is 0.0934. The molecule has 0 spiro atoms. The van der Waals surface area contributed by atoms with E-state index in [4.69, 9.17) is 16.2 Å². The number of ketones is 1. The molecule has 0 fully saturated rings. The number of hydrogen-bond donors (Lipinski definition) is 9. The van der Waals surface area contributed by atoms with Crippen molar-refractivity contribution in [3.8, 4) is 0 Å². The molecular weight excluding hydrogens is 676 g/mol. The number of nitrogens with two attached hydrogens (primary N) is 2. The van der Waals surface area contributed by atoms with Gasteiger partial charge in [-0.25, -0.2) is 0 Å². The van der Waals surface area contributed by atoms with Crippen molar-refractivity contribution in [2.45, 2.75) is 110 Å². The summed E-state index contributed by atoms with van der Waals surface area (Å²) in [6.07, 6.45) is -1.08. The molecular formula is C31H50N8O12. The maximum Gasteiger partial charge on any atom is 0.306 e. The highest BCUT2D eigenvalue weighted by Crippen LogP contribution is 2.09. The summed E-state index contributed by atoms with van der Waals surface area (Å²) >= 11 is 0. The Labute approximate surface area is 294 Å². The van der Waals surface area contributed by atoms with E-state index < -0.39 is 108 Å². The molecule has 0 saturated carbocycles. The summed E-state index contributed by atoms with van der Waals surface area (Å²) in [5.74, 6) is -10.2. The van der Waals surface area contributed by atoms with Crippen LogP contribution in [0.15, 0.2) is 12.7 Å². The van der Waals surface area contributed by atoms with E-state index >= 15 is 0 Å². The Morgan fingerprint density at radius 1 is 0.745 bits per heavy atom. The number of carbonyl (C=O) groups excluding carboxylic acids is 10. The molecule has 0 aromatic carbocycles. The number of aliphatic hydroxyl groups is 1. The van der Waals surface area contributed by atoms with Crippen LogP contribution in [0.1, 0.15) is 67.2 Å². The van der Waals surface area contributed by atoms with E-state index in [9.17, 15) is 53.1 Å². The fourth-order valence-corrected chi connectivity index (χ4v) is 4.22. The van der Waals surface area contributed by atoms with E-state index in [1.165, 1.54) is 26.8 Å². The summed E-state index contributed by atoms with van der Waals surface area (Å²) in [7, 11) is 0. The Morgan fingerprint density at radius 2 is 1.31 bits per heavy atom. The van der Waals surface area contributed by atoms with Crippen molar-refractivity contribution in [1.82, 2.24) is 31.9 Å². The number of hydrogen-bond acceptors (Lipinski definition) is 12. The average molecular weight is 727 g/mol. The fourth-order valence-electron chi connectivity index (χ4n) is 4.22. The molecule has 0 heterocycles. The van der Waals surface area contributed by atoms with Crippen LogP contribution >= 0.6 is 0 Å². The zero-order valence-electron chi connectivity index (χ0n) is 29.5. The molecule has 20 heteroatoms. The number of aliphatic hydroxyl groups excluding tert-OH is 1. The van der Waals surface area contributed by atoms with Gasteiger partial charge in [-0.2, -0.15) is 0 Å². The quantitative estimate of drug-likeness (QED) is 0.0275. The standard InChI is InChI=1S/C31H50N8O12/c1-8-12-51-22(43)11-10-19(26(33)45)37-28(47)20(13-21(32)42)38-31(50)25(44)15(4)34-27(46)16(5)35-30(49)24(17(6)40)39-29(48)23(14(3)9-2)36-18(7)41/h8,14-17,19-20,23-24,40H,1,9-13H2,2-7H3,(H2,32,42)(H2,33,45)(H,34,46)(H,35,49)(H,36,41)(H,37,47)(H,38,50)(H,39,48)/t14-,15-,16-,17+,19-,20-,23-,24-/m0/s1. The van der Waals surface area contributed by atoms with Crippen molar-refractivity contribution < 1.29 is 57.8 Å². The van der Waals surface area contributed by atoms with Crippen molar-refractivity contribution >= 4 is 59.0 Å². The Balaban J connectivity index is 5.52. The third-order valence-electron chi connectivity index (χ3n) is 7.33. The molecule has 0 radical (unpaired) electrons. The smallest absolute Gasteiger partial charge is 0.306 e. The zero-order chi connectivity index (χ0) is 39.6. The molecule has 0 aliphatic carbocycles. The first-order valence-corrected chi connectivity index (χ1v) is 16.0. The summed E-state index contributed by atoms with van der Waals surface area (Å²) in [5.41, 5.74) is 10.5. The van der Waals surface area contributed by atoms with Crippen molar-refractivity contribution in [2.75, 3.05) is 6.61 Å². The molecule has 0 rings (SSSR count). The Bertz CT molecular complexity index is 1340. The lowest BCUT2D eigenvalue weighted by atomic mass is 9.97. The van der Waals surface area contributed by atoms with Gasteiger partial charge in [0, 0.05) is 13.3 Å². The molecule has 0 saturated heterocycles. The highest BCUT2D eigenvalue weighted by atomic mass is 16.5. The monoisotopic (exact) mass is 726 g/mol. The molecule has 20 nitrogen and oxygen atoms in total. The molecule has 51 heavy (non-hydrogen) atoms. The van der Waals surface area contributed by atoms with Gasteiger partial charge in [0.2, 0.25) is 47.1 Å². The lowest BCUT2D eigenvalue weighted by molar-refractivity contribution is -0.143. The first kappa shape index (κ1) is 45.6. The van der Waals surface area contributed by atoms with E-state index in [1.54, 1.807) is 13.8 Å². The van der Waals surface area contributed by atoms with Gasteiger partial charge < -0.3 is 53.2 Å². The van der Waals surface area contributed by atoms with E-state index in [0.717, 1.165) is 6.92 Å². The minimum atomic E-state index is -1.77. The third kappa shape index (κ3) is 16.7. The number of carbonyl (C=O) groups is 10. The van der Waals surface area contributed by atoms with Crippen LogP contribution in [0.4, 0.5) is 0 Å². The Morgan fingerprint density at radius 3 is 1.80 bits per heavy atom. The van der Waals surface area contributed by atoms with Crippen LogP contribution < -0.4 is 43.4 Å². The molecule has 8 atom stereocenters. The maximum absolute atomic E-state index is 12.9. The summed E-state index contributed by atoms with van der Waals surface area (Å²) < 4.78 is 4.79. The van der Waals surface area contributed by atoms with Crippen LogP contribution in [-0.2, 0) is 52.7 Å².